The number of ether oxygens (including phenoxy) is 1. The Morgan fingerprint density at radius 3 is 2.75 bits per heavy atom. The molecule has 3 aromatic heterocycles. The number of hydrogen-bond acceptors (Lipinski definition) is 9. The number of morpholine rings is 1. The molecule has 0 bridgehead atoms. The van der Waals surface area contributed by atoms with E-state index in [1.807, 2.05) is 18.3 Å². The minimum atomic E-state index is -0.953. The van der Waals surface area contributed by atoms with Crippen molar-refractivity contribution in [1.82, 2.24) is 30.0 Å². The van der Waals surface area contributed by atoms with Gasteiger partial charge in [0.05, 0.1) is 40.8 Å². The van der Waals surface area contributed by atoms with E-state index in [2.05, 4.69) is 31.4 Å². The summed E-state index contributed by atoms with van der Waals surface area (Å²) in [6.07, 6.45) is 0.904. The number of nitrogens with zero attached hydrogens (tertiary/aromatic N) is 6. The first-order valence-corrected chi connectivity index (χ1v) is 13.2. The smallest absolute Gasteiger partial charge is 0.251 e. The van der Waals surface area contributed by atoms with Crippen molar-refractivity contribution in [3.63, 3.8) is 0 Å². The van der Waals surface area contributed by atoms with Gasteiger partial charge in [-0.15, -0.1) is 11.3 Å². The van der Waals surface area contributed by atoms with Crippen molar-refractivity contribution in [2.45, 2.75) is 19.6 Å². The van der Waals surface area contributed by atoms with E-state index in [4.69, 9.17) is 14.7 Å². The Morgan fingerprint density at radius 1 is 1.17 bits per heavy atom. The summed E-state index contributed by atoms with van der Waals surface area (Å²) in [5.74, 6) is 0.532. The maximum atomic E-state index is 12.2. The zero-order valence-electron chi connectivity index (χ0n) is 20.2. The van der Waals surface area contributed by atoms with Crippen LogP contribution in [0.15, 0.2) is 29.8 Å². The molecule has 5 heterocycles. The third-order valence-corrected chi connectivity index (χ3v) is 7.97. The van der Waals surface area contributed by atoms with Crippen molar-refractivity contribution in [1.29, 1.82) is 0 Å². The molecule has 0 spiro atoms. The molecule has 36 heavy (non-hydrogen) atoms. The van der Waals surface area contributed by atoms with Crippen molar-refractivity contribution in [2.75, 3.05) is 57.4 Å². The number of carbonyl (C=O) groups is 1. The van der Waals surface area contributed by atoms with Crippen LogP contribution in [0.5, 0.6) is 0 Å². The molecule has 188 valence electrons. The normalized spacial score (nSPS) is 18.3. The second-order valence-electron chi connectivity index (χ2n) is 9.32. The zero-order valence-corrected chi connectivity index (χ0v) is 21.0. The summed E-state index contributed by atoms with van der Waals surface area (Å²) in [4.78, 5) is 28.6. The lowest BCUT2D eigenvalue weighted by molar-refractivity contribution is -0.141. The topological polar surface area (TPSA) is 111 Å². The number of benzene rings is 1. The van der Waals surface area contributed by atoms with Gasteiger partial charge in [-0.1, -0.05) is 12.1 Å². The Kier molecular flexibility index (Phi) is 6.30. The minimum Gasteiger partial charge on any atom is -0.384 e. The average Bonchev–Trinajstić information content (AvgIpc) is 3.56. The maximum Gasteiger partial charge on any atom is 0.251 e. The van der Waals surface area contributed by atoms with Gasteiger partial charge < -0.3 is 19.6 Å². The molecule has 11 heteroatoms. The van der Waals surface area contributed by atoms with E-state index in [9.17, 15) is 9.90 Å². The molecule has 2 aliphatic heterocycles. The van der Waals surface area contributed by atoms with Crippen molar-refractivity contribution < 1.29 is 14.6 Å². The fourth-order valence-corrected chi connectivity index (χ4v) is 5.96. The van der Waals surface area contributed by atoms with Gasteiger partial charge in [0.25, 0.3) is 5.91 Å². The SMILES string of the molecule is CC(O)C(=O)N1CCN(Cc2csc3c(-c4cccc5[nH]ncc45)nc(N4CCOCC4)nc23)CC1. The van der Waals surface area contributed by atoms with E-state index in [1.54, 1.807) is 16.2 Å². The van der Waals surface area contributed by atoms with E-state index in [-0.39, 0.29) is 5.91 Å². The van der Waals surface area contributed by atoms with Crippen LogP contribution in [0.2, 0.25) is 0 Å². The molecular formula is C25H29N7O3S. The van der Waals surface area contributed by atoms with Gasteiger partial charge in [-0.05, 0) is 18.4 Å². The number of rotatable bonds is 5. The molecule has 1 atom stereocenters. The number of anilines is 1. The van der Waals surface area contributed by atoms with E-state index < -0.39 is 6.10 Å². The lowest BCUT2D eigenvalue weighted by atomic mass is 10.1. The lowest BCUT2D eigenvalue weighted by Gasteiger charge is -2.35. The lowest BCUT2D eigenvalue weighted by Crippen LogP contribution is -2.50. The van der Waals surface area contributed by atoms with Gasteiger partial charge in [-0.3, -0.25) is 14.8 Å². The Bertz CT molecular complexity index is 1390. The minimum absolute atomic E-state index is 0.198. The van der Waals surface area contributed by atoms with Crippen LogP contribution in [-0.2, 0) is 16.1 Å². The van der Waals surface area contributed by atoms with E-state index in [0.29, 0.717) is 26.3 Å². The first-order valence-electron chi connectivity index (χ1n) is 12.3. The first kappa shape index (κ1) is 23.3. The van der Waals surface area contributed by atoms with Crippen LogP contribution in [0.25, 0.3) is 32.4 Å². The number of aromatic nitrogens is 4. The summed E-state index contributed by atoms with van der Waals surface area (Å²) in [6.45, 7) is 7.91. The number of aliphatic hydroxyl groups is 1. The number of thiophene rings is 1. The number of hydrogen-bond donors (Lipinski definition) is 2. The van der Waals surface area contributed by atoms with Crippen LogP contribution in [-0.4, -0.2) is 99.6 Å². The molecule has 2 N–H and O–H groups in total. The predicted molar refractivity (Wildman–Crippen MR) is 139 cm³/mol. The van der Waals surface area contributed by atoms with Crippen molar-refractivity contribution in [3.8, 4) is 11.3 Å². The number of aliphatic hydroxyl groups excluding tert-OH is 1. The molecule has 1 unspecified atom stereocenters. The molecule has 4 aromatic rings. The molecular weight excluding hydrogens is 478 g/mol. The second kappa shape index (κ2) is 9.74. The molecule has 0 aliphatic carbocycles. The van der Waals surface area contributed by atoms with Crippen LogP contribution in [0.3, 0.4) is 0 Å². The number of amides is 1. The monoisotopic (exact) mass is 507 g/mol. The van der Waals surface area contributed by atoms with E-state index >= 15 is 0 Å². The predicted octanol–water partition coefficient (Wildman–Crippen LogP) is 2.10. The summed E-state index contributed by atoms with van der Waals surface area (Å²) in [5.41, 5.74) is 5.10. The zero-order chi connectivity index (χ0) is 24.6. The molecule has 6 rings (SSSR count). The largest absolute Gasteiger partial charge is 0.384 e. The summed E-state index contributed by atoms with van der Waals surface area (Å²) in [6, 6.07) is 6.15. The van der Waals surface area contributed by atoms with Gasteiger partial charge in [0, 0.05) is 62.3 Å². The Labute approximate surface area is 212 Å². The number of carbonyl (C=O) groups excluding carboxylic acids is 1. The molecule has 0 radical (unpaired) electrons. The molecule has 1 aromatic carbocycles. The standard InChI is InChI=1S/C25H29N7O3S/c1-16(33)24(34)31-7-5-30(6-8-31)14-17-15-36-23-21(17)27-25(32-9-11-35-12-10-32)28-22(23)18-3-2-4-20-19(18)13-26-29-20/h2-4,13,15-16,33H,5-12,14H2,1H3,(H,26,29). The summed E-state index contributed by atoms with van der Waals surface area (Å²) in [7, 11) is 0. The van der Waals surface area contributed by atoms with Gasteiger partial charge in [-0.2, -0.15) is 5.10 Å². The van der Waals surface area contributed by atoms with Gasteiger partial charge in [0.15, 0.2) is 0 Å². The Hall–Kier alpha value is -3.12. The average molecular weight is 508 g/mol. The number of piperazine rings is 1. The van der Waals surface area contributed by atoms with Crippen LogP contribution in [0.1, 0.15) is 12.5 Å². The number of nitrogens with one attached hydrogen (secondary N) is 1. The third kappa shape index (κ3) is 4.32. The van der Waals surface area contributed by atoms with E-state index in [0.717, 1.165) is 71.0 Å². The molecule has 10 nitrogen and oxygen atoms in total. The van der Waals surface area contributed by atoms with E-state index in [1.165, 1.54) is 12.5 Å². The first-order chi connectivity index (χ1) is 17.6. The molecule has 2 fully saturated rings. The Balaban J connectivity index is 1.36. The van der Waals surface area contributed by atoms with Crippen LogP contribution in [0.4, 0.5) is 5.95 Å². The highest BCUT2D eigenvalue weighted by molar-refractivity contribution is 7.17. The summed E-state index contributed by atoms with van der Waals surface area (Å²) < 4.78 is 6.63. The van der Waals surface area contributed by atoms with Crippen LogP contribution in [0, 0.1) is 0 Å². The summed E-state index contributed by atoms with van der Waals surface area (Å²) in [5, 5.41) is 20.2. The summed E-state index contributed by atoms with van der Waals surface area (Å²) >= 11 is 1.68. The molecule has 0 saturated carbocycles. The number of fused-ring (bicyclic) bond motifs is 2. The van der Waals surface area contributed by atoms with Crippen LogP contribution < -0.4 is 4.90 Å². The van der Waals surface area contributed by atoms with Crippen molar-refractivity contribution >= 4 is 44.3 Å². The fourth-order valence-electron chi connectivity index (χ4n) is 4.96. The molecule has 2 saturated heterocycles. The van der Waals surface area contributed by atoms with Crippen molar-refractivity contribution in [2.24, 2.45) is 0 Å². The van der Waals surface area contributed by atoms with Gasteiger partial charge in [0.2, 0.25) is 5.95 Å². The fraction of sp³-hybridized carbons (Fsp3) is 0.440. The van der Waals surface area contributed by atoms with Gasteiger partial charge in [0.1, 0.15) is 6.10 Å². The third-order valence-electron chi connectivity index (χ3n) is 6.95. The number of H-pyrrole nitrogens is 1. The Morgan fingerprint density at radius 2 is 1.97 bits per heavy atom. The van der Waals surface area contributed by atoms with Crippen LogP contribution >= 0.6 is 11.3 Å². The highest BCUT2D eigenvalue weighted by atomic mass is 32.1. The van der Waals surface area contributed by atoms with Crippen molar-refractivity contribution in [3.05, 3.63) is 35.3 Å². The highest BCUT2D eigenvalue weighted by Crippen LogP contribution is 2.37. The quantitative estimate of drug-likeness (QED) is 0.423. The van der Waals surface area contributed by atoms with Gasteiger partial charge >= 0.3 is 0 Å². The highest BCUT2D eigenvalue weighted by Gasteiger charge is 2.26. The number of aromatic amines is 1. The van der Waals surface area contributed by atoms with Gasteiger partial charge in [-0.25, -0.2) is 9.97 Å². The maximum absolute atomic E-state index is 12.2. The second-order valence-corrected chi connectivity index (χ2v) is 10.2. The molecule has 1 amide bonds. The molecule has 2 aliphatic rings.